The highest BCUT2D eigenvalue weighted by atomic mass is 19.1. The van der Waals surface area contributed by atoms with Crippen LogP contribution in [0.4, 0.5) is 4.39 Å². The van der Waals surface area contributed by atoms with Crippen molar-refractivity contribution in [2.75, 3.05) is 6.54 Å². The van der Waals surface area contributed by atoms with Gasteiger partial charge in [0.1, 0.15) is 5.82 Å². The van der Waals surface area contributed by atoms with Crippen molar-refractivity contribution in [1.82, 2.24) is 9.47 Å². The first-order valence-corrected chi connectivity index (χ1v) is 9.66. The van der Waals surface area contributed by atoms with E-state index in [-0.39, 0.29) is 5.82 Å². The maximum atomic E-state index is 14.1. The second-order valence-electron chi connectivity index (χ2n) is 7.77. The molecule has 0 N–H and O–H groups in total. The van der Waals surface area contributed by atoms with Crippen LogP contribution < -0.4 is 0 Å². The Morgan fingerprint density at radius 1 is 0.963 bits per heavy atom. The van der Waals surface area contributed by atoms with Gasteiger partial charge in [0.2, 0.25) is 0 Å². The van der Waals surface area contributed by atoms with E-state index < -0.39 is 0 Å². The van der Waals surface area contributed by atoms with Crippen LogP contribution in [0, 0.1) is 18.7 Å². The number of rotatable bonds is 8. The van der Waals surface area contributed by atoms with Crippen LogP contribution in [-0.4, -0.2) is 16.0 Å². The molecule has 2 aromatic carbocycles. The highest BCUT2D eigenvalue weighted by Crippen LogP contribution is 2.16. The molecule has 0 aliphatic rings. The highest BCUT2D eigenvalue weighted by molar-refractivity contribution is 5.23. The van der Waals surface area contributed by atoms with Gasteiger partial charge in [0.05, 0.1) is 0 Å². The van der Waals surface area contributed by atoms with Gasteiger partial charge < -0.3 is 4.57 Å². The first-order valence-electron chi connectivity index (χ1n) is 9.66. The standard InChI is InChI=1S/C24H29FN2/c1-19(2)15-26(17-22-10-4-5-12-24(22)25)18-23-11-7-13-27(23)16-21-9-6-8-20(3)14-21/h4-14,19H,15-18H2,1-3H3. The predicted molar refractivity (Wildman–Crippen MR) is 110 cm³/mol. The number of aryl methyl sites for hydroxylation is 1. The van der Waals surface area contributed by atoms with Gasteiger partial charge in [0.25, 0.3) is 0 Å². The number of benzene rings is 2. The van der Waals surface area contributed by atoms with Gasteiger partial charge in [-0.3, -0.25) is 4.90 Å². The van der Waals surface area contributed by atoms with Gasteiger partial charge in [-0.1, -0.05) is 61.9 Å². The van der Waals surface area contributed by atoms with E-state index in [0.717, 1.165) is 25.2 Å². The number of aromatic nitrogens is 1. The predicted octanol–water partition coefficient (Wildman–Crippen LogP) is 5.64. The summed E-state index contributed by atoms with van der Waals surface area (Å²) in [5, 5.41) is 0. The Bertz CT molecular complexity index is 866. The average Bonchev–Trinajstić information content (AvgIpc) is 3.03. The van der Waals surface area contributed by atoms with Gasteiger partial charge in [-0.2, -0.15) is 0 Å². The quantitative estimate of drug-likeness (QED) is 0.502. The van der Waals surface area contributed by atoms with Crippen molar-refractivity contribution >= 4 is 0 Å². The van der Waals surface area contributed by atoms with Crippen molar-refractivity contribution in [2.45, 2.75) is 40.4 Å². The lowest BCUT2D eigenvalue weighted by Gasteiger charge is -2.25. The van der Waals surface area contributed by atoms with Crippen LogP contribution >= 0.6 is 0 Å². The largest absolute Gasteiger partial charge is 0.346 e. The second kappa shape index (κ2) is 9.01. The molecule has 1 heterocycles. The fraction of sp³-hybridized carbons (Fsp3) is 0.333. The van der Waals surface area contributed by atoms with Gasteiger partial charge >= 0.3 is 0 Å². The number of nitrogens with zero attached hydrogens (tertiary/aromatic N) is 2. The first kappa shape index (κ1) is 19.4. The molecule has 0 aliphatic carbocycles. The van der Waals surface area contributed by atoms with E-state index in [9.17, 15) is 4.39 Å². The van der Waals surface area contributed by atoms with Gasteiger partial charge in [-0.25, -0.2) is 4.39 Å². The zero-order valence-electron chi connectivity index (χ0n) is 16.5. The highest BCUT2D eigenvalue weighted by Gasteiger charge is 2.13. The van der Waals surface area contributed by atoms with Gasteiger partial charge in [-0.15, -0.1) is 0 Å². The van der Waals surface area contributed by atoms with E-state index in [4.69, 9.17) is 0 Å². The Labute approximate surface area is 162 Å². The molecule has 0 saturated heterocycles. The molecule has 0 saturated carbocycles. The maximum Gasteiger partial charge on any atom is 0.127 e. The summed E-state index contributed by atoms with van der Waals surface area (Å²) in [6, 6.07) is 20.0. The average molecular weight is 365 g/mol. The van der Waals surface area contributed by atoms with E-state index in [0.29, 0.717) is 12.5 Å². The SMILES string of the molecule is Cc1cccc(Cn2cccc2CN(Cc2ccccc2F)CC(C)C)c1. The molecule has 27 heavy (non-hydrogen) atoms. The topological polar surface area (TPSA) is 8.17 Å². The number of hydrogen-bond donors (Lipinski definition) is 0. The summed E-state index contributed by atoms with van der Waals surface area (Å²) in [6.45, 7) is 9.77. The first-order chi connectivity index (χ1) is 13.0. The Hall–Kier alpha value is -2.39. The molecular formula is C24H29FN2. The van der Waals surface area contributed by atoms with Crippen molar-refractivity contribution in [1.29, 1.82) is 0 Å². The van der Waals surface area contributed by atoms with Crippen LogP contribution in [-0.2, 0) is 19.6 Å². The van der Waals surface area contributed by atoms with Crippen molar-refractivity contribution in [2.24, 2.45) is 5.92 Å². The molecule has 3 rings (SSSR count). The van der Waals surface area contributed by atoms with E-state index in [1.165, 1.54) is 16.8 Å². The minimum Gasteiger partial charge on any atom is -0.346 e. The molecule has 0 spiro atoms. The summed E-state index contributed by atoms with van der Waals surface area (Å²) < 4.78 is 16.4. The van der Waals surface area contributed by atoms with Crippen molar-refractivity contribution < 1.29 is 4.39 Å². The van der Waals surface area contributed by atoms with Crippen LogP contribution in [0.25, 0.3) is 0 Å². The fourth-order valence-electron chi connectivity index (χ4n) is 3.55. The lowest BCUT2D eigenvalue weighted by atomic mass is 10.1. The molecule has 0 unspecified atom stereocenters. The summed E-state index contributed by atoms with van der Waals surface area (Å²) in [7, 11) is 0. The zero-order chi connectivity index (χ0) is 19.2. The van der Waals surface area contributed by atoms with Gasteiger partial charge in [-0.05, 0) is 36.6 Å². The molecule has 0 radical (unpaired) electrons. The Morgan fingerprint density at radius 3 is 2.52 bits per heavy atom. The van der Waals surface area contributed by atoms with E-state index in [1.54, 1.807) is 12.1 Å². The summed E-state index contributed by atoms with van der Waals surface area (Å²) >= 11 is 0. The molecule has 0 bridgehead atoms. The molecule has 0 amide bonds. The lowest BCUT2D eigenvalue weighted by molar-refractivity contribution is 0.220. The molecule has 0 fully saturated rings. The lowest BCUT2D eigenvalue weighted by Crippen LogP contribution is -2.28. The molecule has 3 heteroatoms. The fourth-order valence-corrected chi connectivity index (χ4v) is 3.55. The molecule has 142 valence electrons. The summed E-state index contributed by atoms with van der Waals surface area (Å²) in [5.74, 6) is 0.401. The van der Waals surface area contributed by atoms with Crippen LogP contribution in [0.5, 0.6) is 0 Å². The van der Waals surface area contributed by atoms with Gasteiger partial charge in [0.15, 0.2) is 0 Å². The van der Waals surface area contributed by atoms with Crippen LogP contribution in [0.2, 0.25) is 0 Å². The Morgan fingerprint density at radius 2 is 1.78 bits per heavy atom. The van der Waals surface area contributed by atoms with Crippen molar-refractivity contribution in [3.8, 4) is 0 Å². The third-order valence-corrected chi connectivity index (χ3v) is 4.72. The zero-order valence-corrected chi connectivity index (χ0v) is 16.5. The van der Waals surface area contributed by atoms with E-state index in [2.05, 4.69) is 72.8 Å². The van der Waals surface area contributed by atoms with Crippen LogP contribution in [0.15, 0.2) is 66.9 Å². The minimum absolute atomic E-state index is 0.124. The minimum atomic E-state index is -0.124. The molecule has 0 atom stereocenters. The van der Waals surface area contributed by atoms with Gasteiger partial charge in [0, 0.05) is 43.6 Å². The third kappa shape index (κ3) is 5.54. The normalized spacial score (nSPS) is 11.5. The monoisotopic (exact) mass is 364 g/mol. The summed E-state index contributed by atoms with van der Waals surface area (Å²) in [5.41, 5.74) is 4.60. The molecule has 2 nitrogen and oxygen atoms in total. The third-order valence-electron chi connectivity index (χ3n) is 4.72. The number of hydrogen-bond acceptors (Lipinski definition) is 1. The van der Waals surface area contributed by atoms with E-state index in [1.807, 2.05) is 12.1 Å². The van der Waals surface area contributed by atoms with Crippen LogP contribution in [0.3, 0.4) is 0 Å². The Balaban J connectivity index is 1.76. The number of halogens is 1. The second-order valence-corrected chi connectivity index (χ2v) is 7.77. The maximum absolute atomic E-state index is 14.1. The van der Waals surface area contributed by atoms with Crippen molar-refractivity contribution in [3.05, 3.63) is 95.1 Å². The van der Waals surface area contributed by atoms with E-state index >= 15 is 0 Å². The summed E-state index contributed by atoms with van der Waals surface area (Å²) in [6.07, 6.45) is 2.13. The molecule has 0 aliphatic heterocycles. The summed E-state index contributed by atoms with van der Waals surface area (Å²) in [4.78, 5) is 2.34. The Kier molecular flexibility index (Phi) is 6.46. The smallest absolute Gasteiger partial charge is 0.127 e. The molecule has 3 aromatic rings. The van der Waals surface area contributed by atoms with Crippen molar-refractivity contribution in [3.63, 3.8) is 0 Å². The molecule has 1 aromatic heterocycles. The molecular weight excluding hydrogens is 335 g/mol. The van der Waals surface area contributed by atoms with Crippen LogP contribution in [0.1, 0.15) is 36.2 Å².